The molecule has 0 saturated carbocycles. The number of halogens is 1. The molecule has 1 aliphatic heterocycles. The van der Waals surface area contributed by atoms with Crippen LogP contribution in [0.1, 0.15) is 38.3 Å². The molecule has 1 N–H and O–H groups in total. The summed E-state index contributed by atoms with van der Waals surface area (Å²) in [6, 6.07) is 8.14. The summed E-state index contributed by atoms with van der Waals surface area (Å²) in [6.07, 6.45) is 2.27. The molecule has 0 radical (unpaired) electrons. The maximum Gasteiger partial charge on any atom is 0.239 e. The molecule has 0 aliphatic carbocycles. The molecule has 1 aliphatic rings. The fourth-order valence-electron chi connectivity index (χ4n) is 2.57. The number of nitrogens with zero attached hydrogens (tertiary/aromatic N) is 1. The summed E-state index contributed by atoms with van der Waals surface area (Å²) >= 11 is 3.55. The maximum absolute atomic E-state index is 12.2. The van der Waals surface area contributed by atoms with Gasteiger partial charge in [-0.2, -0.15) is 0 Å². The van der Waals surface area contributed by atoms with E-state index in [-0.39, 0.29) is 18.0 Å². The van der Waals surface area contributed by atoms with Gasteiger partial charge in [0.1, 0.15) is 0 Å². The van der Waals surface area contributed by atoms with Crippen LogP contribution in [0.25, 0.3) is 0 Å². The molecule has 0 aromatic heterocycles. The van der Waals surface area contributed by atoms with Crippen molar-refractivity contribution >= 4 is 21.8 Å². The molecule has 0 spiro atoms. The lowest BCUT2D eigenvalue weighted by Gasteiger charge is -2.25. The van der Waals surface area contributed by atoms with Gasteiger partial charge in [-0.25, -0.2) is 0 Å². The van der Waals surface area contributed by atoms with Crippen LogP contribution in [0.3, 0.4) is 0 Å². The lowest BCUT2D eigenvalue weighted by atomic mass is 10.1. The maximum atomic E-state index is 12.2. The second kappa shape index (κ2) is 6.53. The van der Waals surface area contributed by atoms with E-state index in [0.717, 1.165) is 30.4 Å². The van der Waals surface area contributed by atoms with Gasteiger partial charge in [0.05, 0.1) is 6.04 Å². The van der Waals surface area contributed by atoms with Crippen LogP contribution in [0.5, 0.6) is 0 Å². The van der Waals surface area contributed by atoms with E-state index in [1.165, 1.54) is 5.56 Å². The molecule has 104 valence electrons. The van der Waals surface area contributed by atoms with Crippen molar-refractivity contribution in [2.75, 3.05) is 13.1 Å². The van der Waals surface area contributed by atoms with Crippen molar-refractivity contribution in [3.05, 3.63) is 34.3 Å². The van der Waals surface area contributed by atoms with Crippen molar-refractivity contribution in [3.8, 4) is 0 Å². The largest absolute Gasteiger partial charge is 0.341 e. The van der Waals surface area contributed by atoms with Crippen molar-refractivity contribution < 1.29 is 4.79 Å². The van der Waals surface area contributed by atoms with Gasteiger partial charge in [0.2, 0.25) is 5.91 Å². The Hall–Kier alpha value is -0.870. The van der Waals surface area contributed by atoms with E-state index in [1.807, 2.05) is 30.0 Å². The minimum absolute atomic E-state index is 0.139. The molecule has 1 heterocycles. The van der Waals surface area contributed by atoms with Crippen molar-refractivity contribution in [1.82, 2.24) is 10.2 Å². The van der Waals surface area contributed by atoms with Crippen LogP contribution < -0.4 is 5.32 Å². The first kappa shape index (κ1) is 14.5. The Morgan fingerprint density at radius 3 is 2.53 bits per heavy atom. The smallest absolute Gasteiger partial charge is 0.239 e. The molecule has 3 nitrogen and oxygen atoms in total. The van der Waals surface area contributed by atoms with E-state index in [0.29, 0.717) is 0 Å². The predicted molar refractivity (Wildman–Crippen MR) is 81.0 cm³/mol. The fourth-order valence-corrected chi connectivity index (χ4v) is 3.20. The van der Waals surface area contributed by atoms with Gasteiger partial charge >= 0.3 is 0 Å². The van der Waals surface area contributed by atoms with Crippen molar-refractivity contribution in [1.29, 1.82) is 0 Å². The summed E-state index contributed by atoms with van der Waals surface area (Å²) in [5.41, 5.74) is 1.18. The second-order valence-corrected chi connectivity index (χ2v) is 6.02. The molecule has 0 bridgehead atoms. The highest BCUT2D eigenvalue weighted by molar-refractivity contribution is 9.10. The van der Waals surface area contributed by atoms with E-state index in [9.17, 15) is 4.79 Å². The van der Waals surface area contributed by atoms with Crippen LogP contribution >= 0.6 is 15.9 Å². The Morgan fingerprint density at radius 1 is 1.26 bits per heavy atom. The standard InChI is InChI=1S/C15H21BrN2O/c1-11(13-7-3-4-8-14(13)16)17-12(2)15(19)18-9-5-6-10-18/h3-4,7-8,11-12,17H,5-6,9-10H2,1-2H3/t11-,12?/m1/s1. The fraction of sp³-hybridized carbons (Fsp3) is 0.533. The zero-order chi connectivity index (χ0) is 13.8. The molecule has 1 amide bonds. The van der Waals surface area contributed by atoms with Gasteiger partial charge in [-0.1, -0.05) is 34.1 Å². The minimum atomic E-state index is -0.139. The third kappa shape index (κ3) is 3.57. The zero-order valence-electron chi connectivity index (χ0n) is 11.5. The molecule has 2 rings (SSSR count). The average molecular weight is 325 g/mol. The lowest BCUT2D eigenvalue weighted by Crippen LogP contribution is -2.44. The number of benzene rings is 1. The monoisotopic (exact) mass is 324 g/mol. The average Bonchev–Trinajstić information content (AvgIpc) is 2.92. The van der Waals surface area contributed by atoms with E-state index in [2.05, 4.69) is 34.2 Å². The van der Waals surface area contributed by atoms with E-state index in [4.69, 9.17) is 0 Å². The number of carbonyl (C=O) groups is 1. The molecule has 1 unspecified atom stereocenters. The number of hydrogen-bond acceptors (Lipinski definition) is 2. The Bertz CT molecular complexity index is 444. The van der Waals surface area contributed by atoms with Crippen LogP contribution in [-0.4, -0.2) is 29.9 Å². The molecule has 1 saturated heterocycles. The summed E-state index contributed by atoms with van der Waals surface area (Å²) in [5, 5.41) is 3.39. The van der Waals surface area contributed by atoms with E-state index in [1.54, 1.807) is 0 Å². The first-order valence-corrected chi connectivity index (χ1v) is 7.68. The van der Waals surface area contributed by atoms with E-state index < -0.39 is 0 Å². The van der Waals surface area contributed by atoms with E-state index >= 15 is 0 Å². The Morgan fingerprint density at radius 2 is 1.89 bits per heavy atom. The van der Waals surface area contributed by atoms with Gasteiger partial charge in [-0.05, 0) is 38.3 Å². The molecule has 1 fully saturated rings. The molecule has 1 aromatic rings. The van der Waals surface area contributed by atoms with Crippen LogP contribution in [0.4, 0.5) is 0 Å². The van der Waals surface area contributed by atoms with Gasteiger partial charge in [-0.3, -0.25) is 10.1 Å². The third-order valence-electron chi connectivity index (χ3n) is 3.66. The van der Waals surface area contributed by atoms with Crippen LogP contribution in [0.15, 0.2) is 28.7 Å². The molecule has 19 heavy (non-hydrogen) atoms. The molecular formula is C15H21BrN2O. The predicted octanol–water partition coefficient (Wildman–Crippen LogP) is 3.11. The van der Waals surface area contributed by atoms with Crippen LogP contribution in [-0.2, 0) is 4.79 Å². The number of amides is 1. The van der Waals surface area contributed by atoms with Crippen molar-refractivity contribution in [2.24, 2.45) is 0 Å². The lowest BCUT2D eigenvalue weighted by molar-refractivity contribution is -0.132. The number of carbonyl (C=O) groups excluding carboxylic acids is 1. The summed E-state index contributed by atoms with van der Waals surface area (Å²) in [6.45, 7) is 5.87. The van der Waals surface area contributed by atoms with Crippen molar-refractivity contribution in [2.45, 2.75) is 38.8 Å². The highest BCUT2D eigenvalue weighted by Gasteiger charge is 2.24. The SMILES string of the molecule is CC(N[C@H](C)c1ccccc1Br)C(=O)N1CCCC1. The molecule has 4 heteroatoms. The number of rotatable bonds is 4. The second-order valence-electron chi connectivity index (χ2n) is 5.16. The summed E-state index contributed by atoms with van der Waals surface area (Å²) in [5.74, 6) is 0.219. The molecule has 1 aromatic carbocycles. The summed E-state index contributed by atoms with van der Waals surface area (Å²) in [4.78, 5) is 14.2. The first-order chi connectivity index (χ1) is 9.09. The topological polar surface area (TPSA) is 32.3 Å². The quantitative estimate of drug-likeness (QED) is 0.922. The van der Waals surface area contributed by atoms with Gasteiger partial charge < -0.3 is 4.90 Å². The van der Waals surface area contributed by atoms with Crippen molar-refractivity contribution in [3.63, 3.8) is 0 Å². The molecular weight excluding hydrogens is 304 g/mol. The highest BCUT2D eigenvalue weighted by Crippen LogP contribution is 2.23. The van der Waals surface area contributed by atoms with Gasteiger partial charge in [0.25, 0.3) is 0 Å². The van der Waals surface area contributed by atoms with Gasteiger partial charge in [0.15, 0.2) is 0 Å². The Balaban J connectivity index is 1.96. The Kier molecular flexibility index (Phi) is 4.99. The summed E-state index contributed by atoms with van der Waals surface area (Å²) < 4.78 is 1.08. The number of nitrogens with one attached hydrogen (secondary N) is 1. The van der Waals surface area contributed by atoms with Gasteiger partial charge in [-0.15, -0.1) is 0 Å². The zero-order valence-corrected chi connectivity index (χ0v) is 13.1. The van der Waals surface area contributed by atoms with Crippen LogP contribution in [0, 0.1) is 0 Å². The first-order valence-electron chi connectivity index (χ1n) is 6.89. The molecule has 2 atom stereocenters. The van der Waals surface area contributed by atoms with Crippen LogP contribution in [0.2, 0.25) is 0 Å². The summed E-state index contributed by atoms with van der Waals surface area (Å²) in [7, 11) is 0. The van der Waals surface area contributed by atoms with Gasteiger partial charge in [0, 0.05) is 23.6 Å². The number of likely N-dealkylation sites (tertiary alicyclic amines) is 1. The Labute approximate surface area is 123 Å². The minimum Gasteiger partial charge on any atom is -0.341 e. The highest BCUT2D eigenvalue weighted by atomic mass is 79.9. The number of hydrogen-bond donors (Lipinski definition) is 1. The normalized spacial score (nSPS) is 18.4. The third-order valence-corrected chi connectivity index (χ3v) is 4.38.